The Hall–Kier alpha value is -3.00. The van der Waals surface area contributed by atoms with Gasteiger partial charge in [0, 0.05) is 11.4 Å². The van der Waals surface area contributed by atoms with Crippen LogP contribution in [0.25, 0.3) is 5.69 Å². The maximum Gasteiger partial charge on any atom is 0.241 e. The normalized spacial score (nSPS) is 17.4. The van der Waals surface area contributed by atoms with Gasteiger partial charge in [-0.3, -0.25) is 9.69 Å². The van der Waals surface area contributed by atoms with Crippen LogP contribution < -0.4 is 5.32 Å². The summed E-state index contributed by atoms with van der Waals surface area (Å²) in [5.41, 5.74) is 3.81. The molecule has 0 bridgehead atoms. The lowest BCUT2D eigenvalue weighted by Crippen LogP contribution is -2.46. The maximum atomic E-state index is 12.9. The number of piperidine rings is 1. The van der Waals surface area contributed by atoms with E-state index in [2.05, 4.69) is 25.5 Å². The molecule has 152 valence electrons. The van der Waals surface area contributed by atoms with Crippen molar-refractivity contribution in [2.45, 2.75) is 52.6 Å². The van der Waals surface area contributed by atoms with Crippen molar-refractivity contribution in [3.05, 3.63) is 53.4 Å². The van der Waals surface area contributed by atoms with Gasteiger partial charge in [-0.25, -0.2) is 4.68 Å². The molecular formula is C21H26N6O2. The van der Waals surface area contributed by atoms with Crippen LogP contribution >= 0.6 is 0 Å². The van der Waals surface area contributed by atoms with E-state index in [4.69, 9.17) is 4.52 Å². The van der Waals surface area contributed by atoms with Crippen molar-refractivity contribution in [1.29, 1.82) is 0 Å². The highest BCUT2D eigenvalue weighted by Crippen LogP contribution is 2.22. The second kappa shape index (κ2) is 8.16. The van der Waals surface area contributed by atoms with Gasteiger partial charge in [0.05, 0.1) is 24.0 Å². The molecule has 1 fully saturated rings. The predicted octanol–water partition coefficient (Wildman–Crippen LogP) is 3.17. The van der Waals surface area contributed by atoms with E-state index in [0.717, 1.165) is 48.6 Å². The number of rotatable bonds is 5. The Labute approximate surface area is 169 Å². The summed E-state index contributed by atoms with van der Waals surface area (Å²) in [5, 5.41) is 11.4. The van der Waals surface area contributed by atoms with E-state index in [1.807, 2.05) is 48.9 Å². The molecular weight excluding hydrogens is 368 g/mol. The highest BCUT2D eigenvalue weighted by atomic mass is 16.5. The average Bonchev–Trinajstić information content (AvgIpc) is 3.27. The molecule has 0 aliphatic carbocycles. The van der Waals surface area contributed by atoms with Crippen molar-refractivity contribution in [3.63, 3.8) is 0 Å². The third-order valence-corrected chi connectivity index (χ3v) is 5.21. The molecule has 0 spiro atoms. The third-order valence-electron chi connectivity index (χ3n) is 5.21. The number of hydrogen-bond acceptors (Lipinski definition) is 6. The second-order valence-corrected chi connectivity index (χ2v) is 7.59. The van der Waals surface area contributed by atoms with Gasteiger partial charge < -0.3 is 9.84 Å². The van der Waals surface area contributed by atoms with Crippen molar-refractivity contribution < 1.29 is 9.32 Å². The van der Waals surface area contributed by atoms with E-state index in [1.54, 1.807) is 6.92 Å². The number of aromatic nitrogens is 4. The van der Waals surface area contributed by atoms with E-state index in [9.17, 15) is 4.79 Å². The Bertz CT molecular complexity index is 991. The van der Waals surface area contributed by atoms with Crippen LogP contribution in [0.5, 0.6) is 0 Å². The molecule has 1 aromatic carbocycles. The first-order valence-electron chi connectivity index (χ1n) is 9.97. The van der Waals surface area contributed by atoms with Gasteiger partial charge in [0.2, 0.25) is 11.8 Å². The molecule has 1 aliphatic rings. The third kappa shape index (κ3) is 4.37. The molecule has 1 saturated heterocycles. The zero-order valence-electron chi connectivity index (χ0n) is 17.1. The van der Waals surface area contributed by atoms with Gasteiger partial charge in [-0.1, -0.05) is 11.6 Å². The fraction of sp³-hybridized carbons (Fsp3) is 0.429. The quantitative estimate of drug-likeness (QED) is 0.715. The minimum Gasteiger partial charge on any atom is -0.338 e. The Morgan fingerprint density at radius 3 is 2.66 bits per heavy atom. The zero-order chi connectivity index (χ0) is 20.4. The van der Waals surface area contributed by atoms with Gasteiger partial charge in [-0.2, -0.15) is 10.1 Å². The molecule has 3 heterocycles. The molecule has 1 amide bonds. The topological polar surface area (TPSA) is 89.1 Å². The first kappa shape index (κ1) is 19.3. The Morgan fingerprint density at radius 1 is 1.21 bits per heavy atom. The van der Waals surface area contributed by atoms with Gasteiger partial charge in [0.15, 0.2) is 5.82 Å². The van der Waals surface area contributed by atoms with Crippen molar-refractivity contribution >= 4 is 11.6 Å². The highest BCUT2D eigenvalue weighted by Gasteiger charge is 2.30. The summed E-state index contributed by atoms with van der Waals surface area (Å²) in [6.07, 6.45) is 2.92. The summed E-state index contributed by atoms with van der Waals surface area (Å²) in [4.78, 5) is 19.3. The molecule has 1 atom stereocenters. The number of benzene rings is 1. The number of nitrogens with zero attached hydrogens (tertiary/aromatic N) is 5. The predicted molar refractivity (Wildman–Crippen MR) is 109 cm³/mol. The lowest BCUT2D eigenvalue weighted by Gasteiger charge is -2.33. The van der Waals surface area contributed by atoms with Crippen LogP contribution in [0.1, 0.15) is 42.4 Å². The molecule has 0 saturated carbocycles. The van der Waals surface area contributed by atoms with Crippen LogP contribution in [0.3, 0.4) is 0 Å². The Kier molecular flexibility index (Phi) is 5.44. The number of nitrogens with one attached hydrogen (secondary N) is 1. The van der Waals surface area contributed by atoms with Gasteiger partial charge >= 0.3 is 0 Å². The van der Waals surface area contributed by atoms with Crippen LogP contribution in [0.15, 0.2) is 34.9 Å². The largest absolute Gasteiger partial charge is 0.338 e. The lowest BCUT2D eigenvalue weighted by molar-refractivity contribution is -0.122. The van der Waals surface area contributed by atoms with Crippen molar-refractivity contribution in [1.82, 2.24) is 24.8 Å². The number of carbonyl (C=O) groups excluding carboxylic acids is 1. The standard InChI is InChI=1S/C21H26N6O2/c1-14-12-15(2)27(24-14)18-9-7-17(8-10-18)23-21(28)19-6-4-5-11-26(19)13-20-22-16(3)25-29-20/h7-10,12,19H,4-6,11,13H2,1-3H3,(H,23,28). The van der Waals surface area contributed by atoms with Gasteiger partial charge in [0.1, 0.15) is 0 Å². The number of anilines is 1. The SMILES string of the molecule is Cc1cc(C)n(-c2ccc(NC(=O)C3CCCCN3Cc3nc(C)no3)cc2)n1. The van der Waals surface area contributed by atoms with E-state index in [1.165, 1.54) is 0 Å². The molecule has 8 heteroatoms. The van der Waals surface area contributed by atoms with E-state index in [0.29, 0.717) is 18.3 Å². The van der Waals surface area contributed by atoms with Crippen molar-refractivity contribution in [3.8, 4) is 5.69 Å². The van der Waals surface area contributed by atoms with E-state index in [-0.39, 0.29) is 11.9 Å². The highest BCUT2D eigenvalue weighted by molar-refractivity contribution is 5.94. The summed E-state index contributed by atoms with van der Waals surface area (Å²) in [6, 6.07) is 9.60. The smallest absolute Gasteiger partial charge is 0.241 e. The van der Waals surface area contributed by atoms with E-state index < -0.39 is 0 Å². The first-order valence-corrected chi connectivity index (χ1v) is 9.97. The molecule has 0 radical (unpaired) electrons. The molecule has 4 rings (SSSR count). The van der Waals surface area contributed by atoms with Crippen molar-refractivity contribution in [2.75, 3.05) is 11.9 Å². The lowest BCUT2D eigenvalue weighted by atomic mass is 10.0. The van der Waals surface area contributed by atoms with Crippen LogP contribution in [-0.2, 0) is 11.3 Å². The van der Waals surface area contributed by atoms with Gasteiger partial charge in [-0.05, 0) is 70.5 Å². The number of carbonyl (C=O) groups is 1. The Morgan fingerprint density at radius 2 is 2.00 bits per heavy atom. The first-order chi connectivity index (χ1) is 14.0. The van der Waals surface area contributed by atoms with Crippen LogP contribution in [0.2, 0.25) is 0 Å². The minimum absolute atomic E-state index is 0.000184. The summed E-state index contributed by atoms with van der Waals surface area (Å²) in [5.74, 6) is 1.16. The number of aryl methyl sites for hydroxylation is 3. The Balaban J connectivity index is 1.43. The molecule has 1 N–H and O–H groups in total. The minimum atomic E-state index is -0.202. The number of amides is 1. The van der Waals surface area contributed by atoms with Crippen LogP contribution in [-0.4, -0.2) is 43.3 Å². The zero-order valence-corrected chi connectivity index (χ0v) is 17.1. The van der Waals surface area contributed by atoms with Crippen molar-refractivity contribution in [2.24, 2.45) is 0 Å². The second-order valence-electron chi connectivity index (χ2n) is 7.59. The van der Waals surface area contributed by atoms with Gasteiger partial charge in [0.25, 0.3) is 0 Å². The number of likely N-dealkylation sites (tertiary alicyclic amines) is 1. The molecule has 1 unspecified atom stereocenters. The van der Waals surface area contributed by atoms with Gasteiger partial charge in [-0.15, -0.1) is 0 Å². The molecule has 1 aliphatic heterocycles. The number of hydrogen-bond donors (Lipinski definition) is 1. The summed E-state index contributed by atoms with van der Waals surface area (Å²) >= 11 is 0. The fourth-order valence-corrected chi connectivity index (χ4v) is 3.86. The molecule has 2 aromatic heterocycles. The summed E-state index contributed by atoms with van der Waals surface area (Å²) in [6.45, 7) is 7.14. The average molecular weight is 394 g/mol. The summed E-state index contributed by atoms with van der Waals surface area (Å²) in [7, 11) is 0. The fourth-order valence-electron chi connectivity index (χ4n) is 3.86. The molecule has 8 nitrogen and oxygen atoms in total. The summed E-state index contributed by atoms with van der Waals surface area (Å²) < 4.78 is 7.14. The van der Waals surface area contributed by atoms with Crippen LogP contribution in [0.4, 0.5) is 5.69 Å². The molecule has 29 heavy (non-hydrogen) atoms. The van der Waals surface area contributed by atoms with Crippen LogP contribution in [0, 0.1) is 20.8 Å². The maximum absolute atomic E-state index is 12.9. The van der Waals surface area contributed by atoms with E-state index >= 15 is 0 Å². The molecule has 3 aromatic rings. The monoisotopic (exact) mass is 394 g/mol.